The first-order valence-corrected chi connectivity index (χ1v) is 8.25. The number of nitrogens with zero attached hydrogens (tertiary/aromatic N) is 2. The van der Waals surface area contributed by atoms with Gasteiger partial charge in [-0.1, -0.05) is 24.3 Å². The minimum absolute atomic E-state index is 0.843. The summed E-state index contributed by atoms with van der Waals surface area (Å²) in [6.45, 7) is 0. The number of benzene rings is 2. The van der Waals surface area contributed by atoms with Gasteiger partial charge in [0.05, 0.1) is 10.8 Å². The van der Waals surface area contributed by atoms with E-state index >= 15 is 0 Å². The van der Waals surface area contributed by atoms with E-state index in [1.54, 1.807) is 23.7 Å². The second kappa shape index (κ2) is 6.40. The van der Waals surface area contributed by atoms with Gasteiger partial charge in [0.2, 0.25) is 12.4 Å². The molecular formula is C21H20N2O2+2. The Balaban J connectivity index is 1.87. The Morgan fingerprint density at radius 3 is 1.52 bits per heavy atom. The van der Waals surface area contributed by atoms with Crippen LogP contribution in [0.5, 0.6) is 0 Å². The van der Waals surface area contributed by atoms with Crippen molar-refractivity contribution in [3.8, 4) is 0 Å². The first-order valence-electron chi connectivity index (χ1n) is 8.25. The maximum absolute atomic E-state index is 5.43. The molecule has 0 saturated carbocycles. The van der Waals surface area contributed by atoms with E-state index in [0.29, 0.717) is 0 Å². The number of hydrogen-bond donors (Lipinski definition) is 0. The van der Waals surface area contributed by atoms with E-state index < -0.39 is 0 Å². The molecule has 2 heterocycles. The van der Waals surface area contributed by atoms with Crippen LogP contribution in [-0.2, 0) is 6.42 Å². The molecule has 2 aromatic carbocycles. The molecule has 0 aliphatic rings. The van der Waals surface area contributed by atoms with Crippen molar-refractivity contribution in [3.05, 3.63) is 84.2 Å². The third-order valence-electron chi connectivity index (χ3n) is 4.57. The van der Waals surface area contributed by atoms with Crippen LogP contribution < -0.4 is 19.1 Å². The molecule has 4 nitrogen and oxygen atoms in total. The predicted octanol–water partition coefficient (Wildman–Crippen LogP) is 2.28. The van der Waals surface area contributed by atoms with Crippen LogP contribution in [-0.4, -0.2) is 14.2 Å². The van der Waals surface area contributed by atoms with E-state index in [-0.39, 0.29) is 0 Å². The molecule has 0 spiro atoms. The van der Waals surface area contributed by atoms with Crippen LogP contribution in [0.25, 0.3) is 21.8 Å². The molecule has 0 atom stereocenters. The average molecular weight is 332 g/mol. The normalized spacial score (nSPS) is 11.0. The highest BCUT2D eigenvalue weighted by atomic mass is 16.6. The molecule has 0 amide bonds. The standard InChI is InChI=1S/C21H20N2O2/c1-24-22-13-11-16(18-7-3-5-9-20(18)22)15-17-12-14-23(25-2)21-10-6-4-8-19(17)21/h3-14H,15H2,1-2H3/q+2. The largest absolute Gasteiger partial charge is 0.274 e. The van der Waals surface area contributed by atoms with Gasteiger partial charge in [-0.2, -0.15) is 0 Å². The predicted molar refractivity (Wildman–Crippen MR) is 96.1 cm³/mol. The molecule has 0 radical (unpaired) electrons. The number of aromatic nitrogens is 2. The quantitative estimate of drug-likeness (QED) is 0.536. The van der Waals surface area contributed by atoms with Gasteiger partial charge in [-0.15, -0.1) is 0 Å². The van der Waals surface area contributed by atoms with Crippen molar-refractivity contribution in [2.45, 2.75) is 6.42 Å². The van der Waals surface area contributed by atoms with Crippen molar-refractivity contribution in [2.24, 2.45) is 0 Å². The van der Waals surface area contributed by atoms with Crippen molar-refractivity contribution >= 4 is 21.8 Å². The molecular weight excluding hydrogens is 312 g/mol. The number of pyridine rings is 2. The van der Waals surface area contributed by atoms with Crippen molar-refractivity contribution in [1.82, 2.24) is 0 Å². The minimum Gasteiger partial charge on any atom is -0.274 e. The van der Waals surface area contributed by atoms with Crippen LogP contribution in [0.3, 0.4) is 0 Å². The first-order chi connectivity index (χ1) is 12.3. The SMILES string of the molecule is CO[n+]1ccc(Cc2cc[n+](OC)c3ccccc23)c2ccccc21. The fourth-order valence-electron chi connectivity index (χ4n) is 3.36. The van der Waals surface area contributed by atoms with Crippen molar-refractivity contribution in [2.75, 3.05) is 14.2 Å². The van der Waals surface area contributed by atoms with E-state index in [2.05, 4.69) is 48.5 Å². The lowest BCUT2D eigenvalue weighted by Crippen LogP contribution is -2.41. The summed E-state index contributed by atoms with van der Waals surface area (Å²) in [5.41, 5.74) is 4.66. The van der Waals surface area contributed by atoms with Gasteiger partial charge in [0.15, 0.2) is 0 Å². The Morgan fingerprint density at radius 2 is 1.08 bits per heavy atom. The molecule has 0 bridgehead atoms. The van der Waals surface area contributed by atoms with Gasteiger partial charge < -0.3 is 0 Å². The van der Waals surface area contributed by atoms with E-state index in [4.69, 9.17) is 9.68 Å². The van der Waals surface area contributed by atoms with Crippen molar-refractivity contribution in [3.63, 3.8) is 0 Å². The smallest absolute Gasteiger partial charge is 0.264 e. The fraction of sp³-hybridized carbons (Fsp3) is 0.143. The van der Waals surface area contributed by atoms with E-state index in [1.165, 1.54) is 21.9 Å². The van der Waals surface area contributed by atoms with Gasteiger partial charge in [-0.05, 0) is 29.7 Å². The van der Waals surface area contributed by atoms with E-state index in [0.717, 1.165) is 17.5 Å². The lowest BCUT2D eigenvalue weighted by Gasteiger charge is -2.07. The maximum Gasteiger partial charge on any atom is 0.264 e. The summed E-state index contributed by atoms with van der Waals surface area (Å²) in [6, 6.07) is 20.9. The molecule has 4 aromatic rings. The first kappa shape index (κ1) is 15.4. The van der Waals surface area contributed by atoms with Gasteiger partial charge in [-0.3, -0.25) is 9.68 Å². The summed E-state index contributed by atoms with van der Waals surface area (Å²) in [7, 11) is 3.36. The van der Waals surface area contributed by atoms with Crippen LogP contribution >= 0.6 is 0 Å². The third kappa shape index (κ3) is 2.66. The summed E-state index contributed by atoms with van der Waals surface area (Å²) in [4.78, 5) is 10.9. The van der Waals surface area contributed by atoms with Crippen LogP contribution in [0.1, 0.15) is 11.1 Å². The van der Waals surface area contributed by atoms with Gasteiger partial charge in [0, 0.05) is 33.7 Å². The molecule has 2 aromatic heterocycles. The molecule has 0 aliphatic carbocycles. The molecule has 4 heteroatoms. The number of para-hydroxylation sites is 2. The van der Waals surface area contributed by atoms with Crippen LogP contribution in [0, 0.1) is 0 Å². The summed E-state index contributed by atoms with van der Waals surface area (Å²) < 4.78 is 3.58. The van der Waals surface area contributed by atoms with Crippen molar-refractivity contribution in [1.29, 1.82) is 0 Å². The van der Waals surface area contributed by atoms with Crippen molar-refractivity contribution < 1.29 is 19.1 Å². The van der Waals surface area contributed by atoms with Gasteiger partial charge in [0.25, 0.3) is 11.0 Å². The Morgan fingerprint density at radius 1 is 0.640 bits per heavy atom. The molecule has 0 unspecified atom stereocenters. The highest BCUT2D eigenvalue weighted by Gasteiger charge is 2.17. The zero-order chi connectivity index (χ0) is 17.2. The summed E-state index contributed by atoms with van der Waals surface area (Å²) >= 11 is 0. The van der Waals surface area contributed by atoms with Crippen LogP contribution in [0.2, 0.25) is 0 Å². The molecule has 0 N–H and O–H groups in total. The fourth-order valence-corrected chi connectivity index (χ4v) is 3.36. The number of hydrogen-bond acceptors (Lipinski definition) is 2. The van der Waals surface area contributed by atoms with Crippen LogP contribution in [0.15, 0.2) is 73.1 Å². The maximum atomic E-state index is 5.43. The number of rotatable bonds is 4. The topological polar surface area (TPSA) is 26.2 Å². The minimum atomic E-state index is 0.843. The molecule has 4 rings (SSSR count). The third-order valence-corrected chi connectivity index (χ3v) is 4.57. The zero-order valence-electron chi connectivity index (χ0n) is 14.3. The highest BCUT2D eigenvalue weighted by molar-refractivity contribution is 5.83. The summed E-state index contributed by atoms with van der Waals surface area (Å²) in [6.07, 6.45) is 4.78. The molecule has 0 aliphatic heterocycles. The molecule has 124 valence electrons. The van der Waals surface area contributed by atoms with E-state index in [1.807, 2.05) is 24.5 Å². The molecule has 0 saturated heterocycles. The van der Waals surface area contributed by atoms with Crippen LogP contribution in [0.4, 0.5) is 0 Å². The van der Waals surface area contributed by atoms with Gasteiger partial charge in [-0.25, -0.2) is 0 Å². The Labute approximate surface area is 146 Å². The Kier molecular flexibility index (Phi) is 3.94. The number of fused-ring (bicyclic) bond motifs is 2. The summed E-state index contributed by atoms with van der Waals surface area (Å²) in [5, 5.41) is 2.39. The zero-order valence-corrected chi connectivity index (χ0v) is 14.3. The van der Waals surface area contributed by atoms with Gasteiger partial charge in [0.1, 0.15) is 14.2 Å². The second-order valence-corrected chi connectivity index (χ2v) is 5.91. The molecule has 25 heavy (non-hydrogen) atoms. The lowest BCUT2D eigenvalue weighted by atomic mass is 9.99. The monoisotopic (exact) mass is 332 g/mol. The summed E-state index contributed by atoms with van der Waals surface area (Å²) in [5.74, 6) is 0. The molecule has 0 fully saturated rings. The highest BCUT2D eigenvalue weighted by Crippen LogP contribution is 2.22. The average Bonchev–Trinajstić information content (AvgIpc) is 2.68. The van der Waals surface area contributed by atoms with Gasteiger partial charge >= 0.3 is 0 Å². The Bertz CT molecular complexity index is 975. The van der Waals surface area contributed by atoms with E-state index in [9.17, 15) is 0 Å². The Hall–Kier alpha value is -3.14. The lowest BCUT2D eigenvalue weighted by molar-refractivity contribution is -0.865. The second-order valence-electron chi connectivity index (χ2n) is 5.91.